The van der Waals surface area contributed by atoms with Gasteiger partial charge in [-0.1, -0.05) is 13.8 Å². The maximum atomic E-state index is 12.4. The van der Waals surface area contributed by atoms with Crippen LogP contribution in [-0.2, 0) is 14.6 Å². The van der Waals surface area contributed by atoms with Crippen molar-refractivity contribution in [1.29, 1.82) is 0 Å². The van der Waals surface area contributed by atoms with Gasteiger partial charge in [-0.05, 0) is 32.7 Å². The zero-order valence-electron chi connectivity index (χ0n) is 12.5. The van der Waals surface area contributed by atoms with Crippen LogP contribution < -0.4 is 10.6 Å². The Hall–Kier alpha value is -0.620. The van der Waals surface area contributed by atoms with Crippen LogP contribution >= 0.6 is 0 Å². The minimum absolute atomic E-state index is 0.0378. The molecule has 1 rings (SSSR count). The summed E-state index contributed by atoms with van der Waals surface area (Å²) in [5.74, 6) is 0.188. The minimum Gasteiger partial charge on any atom is -0.354 e. The molecule has 0 bridgehead atoms. The van der Waals surface area contributed by atoms with Crippen LogP contribution in [0.2, 0.25) is 0 Å². The zero-order valence-corrected chi connectivity index (χ0v) is 13.4. The third kappa shape index (κ3) is 3.28. The van der Waals surface area contributed by atoms with Crippen molar-refractivity contribution in [3.8, 4) is 0 Å². The van der Waals surface area contributed by atoms with E-state index < -0.39 is 20.0 Å². The Morgan fingerprint density at radius 1 is 1.42 bits per heavy atom. The molecule has 0 spiro atoms. The van der Waals surface area contributed by atoms with E-state index in [9.17, 15) is 13.2 Å². The molecule has 1 unspecified atom stereocenters. The first kappa shape index (κ1) is 16.4. The molecule has 0 radical (unpaired) electrons. The van der Waals surface area contributed by atoms with Crippen LogP contribution in [0.1, 0.15) is 34.1 Å². The summed E-state index contributed by atoms with van der Waals surface area (Å²) in [6.07, 6.45) is 2.00. The summed E-state index contributed by atoms with van der Waals surface area (Å²) in [7, 11) is -3.19. The summed E-state index contributed by atoms with van der Waals surface area (Å²) < 4.78 is 22.3. The van der Waals surface area contributed by atoms with Crippen LogP contribution in [0.25, 0.3) is 0 Å². The van der Waals surface area contributed by atoms with Crippen molar-refractivity contribution in [3.05, 3.63) is 0 Å². The Labute approximate surface area is 116 Å². The summed E-state index contributed by atoms with van der Waals surface area (Å²) in [6.45, 7) is 8.99. The van der Waals surface area contributed by atoms with Gasteiger partial charge in [-0.15, -0.1) is 0 Å². The molecule has 0 aromatic rings. The zero-order chi connectivity index (χ0) is 14.9. The fourth-order valence-corrected chi connectivity index (χ4v) is 2.59. The van der Waals surface area contributed by atoms with Gasteiger partial charge in [0.2, 0.25) is 5.91 Å². The van der Waals surface area contributed by atoms with Gasteiger partial charge in [-0.3, -0.25) is 4.79 Å². The van der Waals surface area contributed by atoms with Gasteiger partial charge in [0, 0.05) is 19.3 Å². The highest BCUT2D eigenvalue weighted by molar-refractivity contribution is 7.92. The first-order valence-electron chi connectivity index (χ1n) is 6.71. The van der Waals surface area contributed by atoms with Crippen LogP contribution in [0.5, 0.6) is 0 Å². The Morgan fingerprint density at radius 3 is 2.37 bits per heavy atom. The largest absolute Gasteiger partial charge is 0.354 e. The van der Waals surface area contributed by atoms with Crippen molar-refractivity contribution in [1.82, 2.24) is 10.6 Å². The van der Waals surface area contributed by atoms with Gasteiger partial charge < -0.3 is 10.6 Å². The lowest BCUT2D eigenvalue weighted by Gasteiger charge is -2.33. The van der Waals surface area contributed by atoms with E-state index in [1.807, 2.05) is 13.8 Å². The molecule has 5 nitrogen and oxygen atoms in total. The molecule has 1 heterocycles. The summed E-state index contributed by atoms with van der Waals surface area (Å²) in [5.41, 5.74) is -0.409. The van der Waals surface area contributed by atoms with Gasteiger partial charge in [0.15, 0.2) is 9.84 Å². The average Bonchev–Trinajstić information content (AvgIpc) is 2.74. The van der Waals surface area contributed by atoms with Gasteiger partial charge in [0.05, 0.1) is 10.2 Å². The lowest BCUT2D eigenvalue weighted by atomic mass is 9.75. The fraction of sp³-hybridized carbons (Fsp3) is 0.923. The van der Waals surface area contributed by atoms with Crippen LogP contribution in [0.3, 0.4) is 0 Å². The third-order valence-corrected chi connectivity index (χ3v) is 6.58. The normalized spacial score (nSPS) is 24.7. The smallest absolute Gasteiger partial charge is 0.227 e. The predicted octanol–water partition coefficient (Wildman–Crippen LogP) is 0.562. The topological polar surface area (TPSA) is 75.3 Å². The summed E-state index contributed by atoms with van der Waals surface area (Å²) in [5, 5.41) is 6.06. The quantitative estimate of drug-likeness (QED) is 0.776. The molecule has 1 aliphatic heterocycles. The lowest BCUT2D eigenvalue weighted by Crippen LogP contribution is -2.51. The van der Waals surface area contributed by atoms with E-state index in [-0.39, 0.29) is 18.4 Å². The van der Waals surface area contributed by atoms with Crippen LogP contribution in [0.15, 0.2) is 0 Å². The maximum absolute atomic E-state index is 12.4. The van der Waals surface area contributed by atoms with E-state index >= 15 is 0 Å². The first-order chi connectivity index (χ1) is 8.53. The second-order valence-electron chi connectivity index (χ2n) is 6.45. The van der Waals surface area contributed by atoms with Crippen molar-refractivity contribution >= 4 is 15.7 Å². The molecule has 6 heteroatoms. The van der Waals surface area contributed by atoms with Crippen LogP contribution in [0, 0.1) is 11.3 Å². The highest BCUT2D eigenvalue weighted by Gasteiger charge is 2.44. The van der Waals surface area contributed by atoms with Gasteiger partial charge in [-0.2, -0.15) is 0 Å². The van der Waals surface area contributed by atoms with Gasteiger partial charge >= 0.3 is 0 Å². The molecule has 1 amide bonds. The lowest BCUT2D eigenvalue weighted by molar-refractivity contribution is -0.132. The minimum atomic E-state index is -3.19. The number of nitrogens with one attached hydrogen (secondary N) is 2. The molecule has 2 N–H and O–H groups in total. The van der Waals surface area contributed by atoms with Crippen molar-refractivity contribution in [2.75, 3.05) is 25.9 Å². The van der Waals surface area contributed by atoms with Crippen molar-refractivity contribution in [2.24, 2.45) is 11.3 Å². The highest BCUT2D eigenvalue weighted by Crippen LogP contribution is 2.34. The fourth-order valence-electron chi connectivity index (χ4n) is 2.26. The molecular weight excluding hydrogens is 264 g/mol. The van der Waals surface area contributed by atoms with E-state index in [0.29, 0.717) is 6.54 Å². The van der Waals surface area contributed by atoms with E-state index in [1.165, 1.54) is 6.26 Å². The first-order valence-corrected chi connectivity index (χ1v) is 8.61. The number of sulfone groups is 1. The van der Waals surface area contributed by atoms with E-state index in [0.717, 1.165) is 13.0 Å². The van der Waals surface area contributed by atoms with Gasteiger partial charge in [0.25, 0.3) is 0 Å². The van der Waals surface area contributed by atoms with E-state index in [2.05, 4.69) is 10.6 Å². The monoisotopic (exact) mass is 290 g/mol. The van der Waals surface area contributed by atoms with Gasteiger partial charge in [0.1, 0.15) is 0 Å². The molecule has 0 aromatic carbocycles. The summed E-state index contributed by atoms with van der Waals surface area (Å²) in [6, 6.07) is 0. The second kappa shape index (κ2) is 5.40. The standard InChI is InChI=1S/C13H26N2O3S/c1-10(2)13(6-7-14-9-13)11(16)15-8-12(3,4)19(5,17)18/h10,14H,6-9H2,1-5H3,(H,15,16). The number of carbonyl (C=O) groups excluding carboxylic acids is 1. The van der Waals surface area contributed by atoms with Gasteiger partial charge in [-0.25, -0.2) is 8.42 Å². The van der Waals surface area contributed by atoms with E-state index in [1.54, 1.807) is 13.8 Å². The third-order valence-electron chi connectivity index (χ3n) is 4.42. The Kier molecular flexibility index (Phi) is 4.67. The SMILES string of the molecule is CC(C)C1(C(=O)NCC(C)(C)S(C)(=O)=O)CCNC1. The summed E-state index contributed by atoms with van der Waals surface area (Å²) >= 11 is 0. The Bertz CT molecular complexity index is 435. The van der Waals surface area contributed by atoms with E-state index in [4.69, 9.17) is 0 Å². The number of carbonyl (C=O) groups is 1. The number of rotatable bonds is 5. The maximum Gasteiger partial charge on any atom is 0.227 e. The summed E-state index contributed by atoms with van der Waals surface area (Å²) in [4.78, 5) is 12.4. The van der Waals surface area contributed by atoms with Crippen LogP contribution in [-0.4, -0.2) is 45.0 Å². The average molecular weight is 290 g/mol. The number of hydrogen-bond acceptors (Lipinski definition) is 4. The molecule has 0 saturated carbocycles. The number of amides is 1. The molecule has 1 atom stereocenters. The molecule has 0 aromatic heterocycles. The number of hydrogen-bond donors (Lipinski definition) is 2. The Morgan fingerprint density at radius 2 is 2.00 bits per heavy atom. The molecule has 1 saturated heterocycles. The Balaban J connectivity index is 2.75. The van der Waals surface area contributed by atoms with Crippen molar-refractivity contribution < 1.29 is 13.2 Å². The second-order valence-corrected chi connectivity index (χ2v) is 9.10. The predicted molar refractivity (Wildman–Crippen MR) is 76.7 cm³/mol. The molecule has 1 fully saturated rings. The molecule has 1 aliphatic rings. The molecule has 19 heavy (non-hydrogen) atoms. The molecule has 112 valence electrons. The molecular formula is C13H26N2O3S. The molecule has 0 aliphatic carbocycles. The van der Waals surface area contributed by atoms with Crippen molar-refractivity contribution in [3.63, 3.8) is 0 Å². The highest BCUT2D eigenvalue weighted by atomic mass is 32.2. The van der Waals surface area contributed by atoms with Crippen LogP contribution in [0.4, 0.5) is 0 Å². The van der Waals surface area contributed by atoms with Crippen molar-refractivity contribution in [2.45, 2.75) is 38.9 Å².